The molecule has 0 aromatic rings. The van der Waals surface area contributed by atoms with Crippen LogP contribution in [0, 0.1) is 0 Å². The number of hydrogen-bond donors (Lipinski definition) is 0. The third kappa shape index (κ3) is 6.25. The fourth-order valence-electron chi connectivity index (χ4n) is 0.398. The molecule has 0 radical (unpaired) electrons. The van der Waals surface area contributed by atoms with Crippen molar-refractivity contribution in [3.05, 3.63) is 12.2 Å². The van der Waals surface area contributed by atoms with Crippen LogP contribution in [0.2, 0.25) is 19.1 Å². The van der Waals surface area contributed by atoms with E-state index < -0.39 is 7.38 Å². The van der Waals surface area contributed by atoms with Gasteiger partial charge in [-0.25, -0.2) is 0 Å². The quantitative estimate of drug-likeness (QED) is 0.321. The van der Waals surface area contributed by atoms with Gasteiger partial charge in [-0.3, -0.25) is 0 Å². The zero-order valence-electron chi connectivity index (χ0n) is 5.74. The predicted octanol–water partition coefficient (Wildman–Crippen LogP) is 3.01. The monoisotopic (exact) mass is 148 g/mol. The van der Waals surface area contributed by atoms with E-state index in [4.69, 9.17) is 11.1 Å². The van der Waals surface area contributed by atoms with Gasteiger partial charge in [0.05, 0.1) is 0 Å². The van der Waals surface area contributed by atoms with E-state index in [1.807, 2.05) is 6.92 Å². The Hall–Kier alpha value is 0.247. The summed E-state index contributed by atoms with van der Waals surface area (Å²) in [6.45, 7) is 6.32. The van der Waals surface area contributed by atoms with E-state index in [1.54, 1.807) is 0 Å². The Balaban J connectivity index is 3.39. The van der Waals surface area contributed by atoms with Crippen LogP contribution >= 0.6 is 11.1 Å². The molecule has 0 nitrogen and oxygen atoms in total. The van der Waals surface area contributed by atoms with E-state index in [2.05, 4.69) is 25.2 Å². The van der Waals surface area contributed by atoms with E-state index in [1.165, 1.54) is 0 Å². The first-order valence-corrected chi connectivity index (χ1v) is 7.08. The van der Waals surface area contributed by atoms with E-state index >= 15 is 0 Å². The first-order valence-electron chi connectivity index (χ1n) is 2.86. The highest BCUT2D eigenvalue weighted by atomic mass is 35.6. The van der Waals surface area contributed by atoms with Gasteiger partial charge < -0.3 is 0 Å². The van der Waals surface area contributed by atoms with Gasteiger partial charge in [0.2, 0.25) is 0 Å². The second-order valence-electron chi connectivity index (χ2n) is 2.49. The Morgan fingerprint density at radius 3 is 2.12 bits per heavy atom. The average molecular weight is 149 g/mol. The van der Waals surface area contributed by atoms with Gasteiger partial charge in [-0.2, -0.15) is 11.1 Å². The summed E-state index contributed by atoms with van der Waals surface area (Å²) in [6.07, 6.45) is 4.19. The van der Waals surface area contributed by atoms with E-state index in [-0.39, 0.29) is 0 Å². The highest BCUT2D eigenvalue weighted by molar-refractivity contribution is 7.19. The van der Waals surface area contributed by atoms with E-state index in [9.17, 15) is 0 Å². The van der Waals surface area contributed by atoms with Crippen LogP contribution in [0.25, 0.3) is 0 Å². The first kappa shape index (κ1) is 8.25. The van der Waals surface area contributed by atoms with Crippen LogP contribution < -0.4 is 0 Å². The summed E-state index contributed by atoms with van der Waals surface area (Å²) in [4.78, 5) is 0. The van der Waals surface area contributed by atoms with E-state index in [0.29, 0.717) is 0 Å². The maximum atomic E-state index is 6.00. The average Bonchev–Trinajstić information content (AvgIpc) is 1.59. The Kier molecular flexibility index (Phi) is 3.41. The summed E-state index contributed by atoms with van der Waals surface area (Å²) in [5.74, 6) is 0. The molecule has 0 aromatic carbocycles. The Morgan fingerprint density at radius 2 is 2.00 bits per heavy atom. The zero-order valence-corrected chi connectivity index (χ0v) is 7.50. The van der Waals surface area contributed by atoms with Gasteiger partial charge in [0.25, 0.3) is 0 Å². The molecule has 0 N–H and O–H groups in total. The highest BCUT2D eigenvalue weighted by Gasteiger charge is 2.13. The zero-order chi connectivity index (χ0) is 6.62. The number of rotatable bonds is 2. The fourth-order valence-corrected chi connectivity index (χ4v) is 1.46. The molecule has 0 unspecified atom stereocenters. The van der Waals surface area contributed by atoms with Crippen LogP contribution in [-0.2, 0) is 0 Å². The van der Waals surface area contributed by atoms with Crippen molar-refractivity contribution in [3.63, 3.8) is 0 Å². The van der Waals surface area contributed by atoms with Gasteiger partial charge in [-0.05, 0) is 13.0 Å². The summed E-state index contributed by atoms with van der Waals surface area (Å²) in [6, 6.07) is 1.09. The molecule has 0 amide bonds. The number of hydrogen-bond acceptors (Lipinski definition) is 0. The second-order valence-corrected chi connectivity index (χ2v) is 9.41. The van der Waals surface area contributed by atoms with Gasteiger partial charge in [0.15, 0.2) is 7.38 Å². The molecule has 0 rings (SSSR count). The van der Waals surface area contributed by atoms with Crippen molar-refractivity contribution in [1.82, 2.24) is 0 Å². The molecule has 0 bridgehead atoms. The lowest BCUT2D eigenvalue weighted by Crippen LogP contribution is -2.13. The molecule has 2 heteroatoms. The molecule has 0 atom stereocenters. The van der Waals surface area contributed by atoms with Crippen LogP contribution in [0.15, 0.2) is 12.2 Å². The smallest absolute Gasteiger partial charge is 0.154 e. The molecule has 0 aliphatic carbocycles. The largest absolute Gasteiger partial charge is 0.167 e. The Labute approximate surface area is 57.3 Å². The van der Waals surface area contributed by atoms with Gasteiger partial charge >= 0.3 is 0 Å². The summed E-state index contributed by atoms with van der Waals surface area (Å²) in [5, 5.41) is 0. The maximum Gasteiger partial charge on any atom is 0.154 e. The molecule has 0 saturated carbocycles. The maximum absolute atomic E-state index is 6.00. The predicted molar refractivity (Wildman–Crippen MR) is 43.0 cm³/mol. The minimum atomic E-state index is -1.29. The van der Waals surface area contributed by atoms with Crippen molar-refractivity contribution in [1.29, 1.82) is 0 Å². The van der Waals surface area contributed by atoms with Crippen LogP contribution in [0.3, 0.4) is 0 Å². The molecule has 0 fully saturated rings. The molecule has 0 aliphatic heterocycles. The van der Waals surface area contributed by atoms with Crippen LogP contribution in [0.4, 0.5) is 0 Å². The molecule has 48 valence electrons. The van der Waals surface area contributed by atoms with Gasteiger partial charge in [0, 0.05) is 0 Å². The molecule has 0 aromatic heterocycles. The molecule has 0 heterocycles. The van der Waals surface area contributed by atoms with Crippen molar-refractivity contribution >= 4 is 18.5 Å². The first-order chi connectivity index (χ1) is 3.56. The lowest BCUT2D eigenvalue weighted by Gasteiger charge is -2.07. The van der Waals surface area contributed by atoms with Crippen molar-refractivity contribution in [3.8, 4) is 0 Å². The summed E-state index contributed by atoms with van der Waals surface area (Å²) in [7, 11) is -1.29. The minimum absolute atomic E-state index is 1.09. The second kappa shape index (κ2) is 3.31. The van der Waals surface area contributed by atoms with Crippen LogP contribution in [0.1, 0.15) is 6.92 Å². The van der Waals surface area contributed by atoms with Crippen molar-refractivity contribution < 1.29 is 0 Å². The van der Waals surface area contributed by atoms with Gasteiger partial charge in [-0.1, -0.05) is 25.2 Å². The number of allylic oxidation sites excluding steroid dienone is 2. The summed E-state index contributed by atoms with van der Waals surface area (Å²) in [5.41, 5.74) is 0. The van der Waals surface area contributed by atoms with Crippen molar-refractivity contribution in [2.75, 3.05) is 0 Å². The Morgan fingerprint density at radius 1 is 1.50 bits per heavy atom. The van der Waals surface area contributed by atoms with Crippen molar-refractivity contribution in [2.24, 2.45) is 0 Å². The fraction of sp³-hybridized carbons (Fsp3) is 0.667. The van der Waals surface area contributed by atoms with Crippen molar-refractivity contribution in [2.45, 2.75) is 26.1 Å². The van der Waals surface area contributed by atoms with Gasteiger partial charge in [-0.15, -0.1) is 0 Å². The number of halogens is 1. The standard InChI is InChI=1S/C6H13ClSi/c1-4-5-6-8(2,3)7/h4-5H,6H2,1-3H3/b5-4-. The molecule has 0 aliphatic rings. The molecular formula is C6H13ClSi. The SMILES string of the molecule is C/C=C\C[Si](C)(C)Cl. The highest BCUT2D eigenvalue weighted by Crippen LogP contribution is 2.13. The lowest BCUT2D eigenvalue weighted by atomic mass is 10.6. The normalized spacial score (nSPS) is 13.0. The molecule has 8 heavy (non-hydrogen) atoms. The van der Waals surface area contributed by atoms with Crippen LogP contribution in [-0.4, -0.2) is 7.38 Å². The van der Waals surface area contributed by atoms with Crippen LogP contribution in [0.5, 0.6) is 0 Å². The molecular weight excluding hydrogens is 136 g/mol. The molecule has 0 saturated heterocycles. The summed E-state index contributed by atoms with van der Waals surface area (Å²) >= 11 is 6.00. The molecule has 0 spiro atoms. The minimum Gasteiger partial charge on any atom is -0.167 e. The van der Waals surface area contributed by atoms with Gasteiger partial charge in [0.1, 0.15) is 0 Å². The Bertz CT molecular complexity index is 81.0. The third-order valence-electron chi connectivity index (χ3n) is 0.839. The lowest BCUT2D eigenvalue weighted by molar-refractivity contribution is 1.55. The summed E-state index contributed by atoms with van der Waals surface area (Å²) < 4.78 is 0. The third-order valence-corrected chi connectivity index (χ3v) is 2.51. The van der Waals surface area contributed by atoms with E-state index in [0.717, 1.165) is 6.04 Å². The topological polar surface area (TPSA) is 0 Å².